The highest BCUT2D eigenvalue weighted by molar-refractivity contribution is 5.82. The van der Waals surface area contributed by atoms with E-state index in [0.29, 0.717) is 26.4 Å². The van der Waals surface area contributed by atoms with Crippen molar-refractivity contribution in [1.29, 1.82) is 0 Å². The van der Waals surface area contributed by atoms with Crippen molar-refractivity contribution >= 4 is 23.9 Å². The first-order valence-electron chi connectivity index (χ1n) is 39.7. The van der Waals surface area contributed by atoms with Crippen LogP contribution in [0.1, 0.15) is 428 Å². The lowest BCUT2D eigenvalue weighted by molar-refractivity contribution is -0.160. The fourth-order valence-corrected chi connectivity index (χ4v) is 11.9. The fourth-order valence-electron chi connectivity index (χ4n) is 11.9. The average molecular weight is 1280 g/mol. The van der Waals surface area contributed by atoms with Crippen LogP contribution in [0.2, 0.25) is 0 Å². The van der Waals surface area contributed by atoms with Gasteiger partial charge in [0.15, 0.2) is 12.2 Å². The molecule has 0 bridgehead atoms. The first-order valence-corrected chi connectivity index (χ1v) is 39.7. The van der Waals surface area contributed by atoms with Crippen molar-refractivity contribution in [3.8, 4) is 0 Å². The minimum absolute atomic E-state index is 0.306. The van der Waals surface area contributed by atoms with E-state index in [2.05, 4.69) is 55.4 Å². The van der Waals surface area contributed by atoms with Crippen LogP contribution < -0.4 is 0 Å². The Hall–Kier alpha value is -2.20. The van der Waals surface area contributed by atoms with E-state index in [-0.39, 0.29) is 12.8 Å². The summed E-state index contributed by atoms with van der Waals surface area (Å²) in [6.07, 6.45) is 68.3. The van der Waals surface area contributed by atoms with Crippen LogP contribution in [-0.2, 0) is 38.1 Å². The zero-order chi connectivity index (χ0) is 66.4. The molecule has 10 nitrogen and oxygen atoms in total. The zero-order valence-electron chi connectivity index (χ0n) is 61.5. The molecular formula is C80H156O10. The Balaban J connectivity index is 0. The predicted octanol–water partition coefficient (Wildman–Crippen LogP) is 24.1. The van der Waals surface area contributed by atoms with Crippen molar-refractivity contribution in [1.82, 2.24) is 0 Å². The molecule has 0 saturated heterocycles. The van der Waals surface area contributed by atoms with Crippen molar-refractivity contribution in [3.63, 3.8) is 0 Å². The van der Waals surface area contributed by atoms with Gasteiger partial charge in [0.1, 0.15) is 0 Å². The Kier molecular flexibility index (Phi) is 72.5. The zero-order valence-corrected chi connectivity index (χ0v) is 61.5. The van der Waals surface area contributed by atoms with E-state index in [9.17, 15) is 29.4 Å². The molecular weight excluding hydrogens is 1120 g/mol. The topological polar surface area (TPSA) is 146 Å². The summed E-state index contributed by atoms with van der Waals surface area (Å²) in [5, 5.41) is 20.0. The molecule has 0 aliphatic rings. The summed E-state index contributed by atoms with van der Waals surface area (Å²) >= 11 is 0. The maximum absolute atomic E-state index is 12.0. The van der Waals surface area contributed by atoms with E-state index in [4.69, 9.17) is 18.9 Å². The smallest absolute Gasteiger partial charge is 0.335 e. The van der Waals surface area contributed by atoms with Crippen LogP contribution in [0.15, 0.2) is 0 Å². The number of esters is 4. The molecule has 0 aromatic heterocycles. The maximum Gasteiger partial charge on any atom is 0.335 e. The Labute approximate surface area is 559 Å². The maximum atomic E-state index is 12.0. The summed E-state index contributed by atoms with van der Waals surface area (Å²) in [5.41, 5.74) is 0. The number of ether oxygens (including phenoxy) is 4. The number of carbonyl (C=O) groups is 4. The van der Waals surface area contributed by atoms with E-state index in [0.717, 1.165) is 87.9 Å². The number of carbonyl (C=O) groups excluding carboxylic acids is 4. The van der Waals surface area contributed by atoms with Gasteiger partial charge in [0.2, 0.25) is 0 Å². The summed E-state index contributed by atoms with van der Waals surface area (Å²) in [4.78, 5) is 47.9. The molecule has 2 N–H and O–H groups in total. The summed E-state index contributed by atoms with van der Waals surface area (Å²) in [6.45, 7) is 19.8. The van der Waals surface area contributed by atoms with Gasteiger partial charge in [-0.2, -0.15) is 0 Å². The summed E-state index contributed by atoms with van der Waals surface area (Å²) < 4.78 is 20.8. The number of hydrogen-bond donors (Lipinski definition) is 2. The molecule has 10 heteroatoms. The van der Waals surface area contributed by atoms with Crippen LogP contribution in [0.3, 0.4) is 0 Å². The van der Waals surface area contributed by atoms with Gasteiger partial charge in [-0.3, -0.25) is 9.59 Å². The monoisotopic (exact) mass is 1280 g/mol. The quantitative estimate of drug-likeness (QED) is 0.0343. The first kappa shape index (κ1) is 89.9. The summed E-state index contributed by atoms with van der Waals surface area (Å²) in [5.74, 6) is 0.902. The van der Waals surface area contributed by atoms with Gasteiger partial charge < -0.3 is 29.2 Å². The van der Waals surface area contributed by atoms with Crippen LogP contribution in [0.5, 0.6) is 0 Å². The molecule has 0 aromatic rings. The third kappa shape index (κ3) is 76.5. The Morgan fingerprint density at radius 2 is 0.344 bits per heavy atom. The van der Waals surface area contributed by atoms with Crippen LogP contribution in [0.25, 0.3) is 0 Å². The SMILES string of the molecule is CC(C)CCCCCCCCCCCCCCCOC(=O)CC(O)C(=O)OCCCCCCCCCCCCCCCC(C)C.CC(C)CCCCCCCCCCCCCCCOC(=O)CC(O)C(=O)OCCCCCCCCCCCCCCCC(C)C. The van der Waals surface area contributed by atoms with Gasteiger partial charge in [-0.25, -0.2) is 9.59 Å². The minimum atomic E-state index is -1.43. The molecule has 0 fully saturated rings. The molecule has 536 valence electrons. The molecule has 0 heterocycles. The Morgan fingerprint density at radius 1 is 0.211 bits per heavy atom. The molecule has 0 spiro atoms. The molecule has 0 saturated carbocycles. The predicted molar refractivity (Wildman–Crippen MR) is 383 cm³/mol. The Morgan fingerprint density at radius 3 is 0.500 bits per heavy atom. The van der Waals surface area contributed by atoms with Gasteiger partial charge in [-0.05, 0) is 49.4 Å². The highest BCUT2D eigenvalue weighted by Crippen LogP contribution is 2.20. The van der Waals surface area contributed by atoms with E-state index in [1.165, 1.54) is 295 Å². The molecule has 2 unspecified atom stereocenters. The summed E-state index contributed by atoms with van der Waals surface area (Å²) in [6, 6.07) is 0. The minimum Gasteiger partial charge on any atom is -0.466 e. The van der Waals surface area contributed by atoms with Gasteiger partial charge in [0.05, 0.1) is 39.3 Å². The van der Waals surface area contributed by atoms with Crippen molar-refractivity contribution < 1.29 is 48.3 Å². The van der Waals surface area contributed by atoms with Gasteiger partial charge in [-0.15, -0.1) is 0 Å². The number of aliphatic hydroxyl groups is 2. The highest BCUT2D eigenvalue weighted by atomic mass is 16.6. The first-order chi connectivity index (χ1) is 43.6. The Bertz CT molecular complexity index is 1370. The molecule has 2 atom stereocenters. The van der Waals surface area contributed by atoms with Crippen molar-refractivity contribution in [2.45, 2.75) is 440 Å². The highest BCUT2D eigenvalue weighted by Gasteiger charge is 2.22. The molecule has 90 heavy (non-hydrogen) atoms. The number of aliphatic hydroxyl groups excluding tert-OH is 2. The molecule has 0 amide bonds. The van der Waals surface area contributed by atoms with Gasteiger partial charge in [-0.1, -0.05) is 389 Å². The molecule has 0 rings (SSSR count). The second-order valence-electron chi connectivity index (χ2n) is 29.3. The lowest BCUT2D eigenvalue weighted by Gasteiger charge is -2.11. The normalized spacial score (nSPS) is 12.2. The number of unbranched alkanes of at least 4 members (excludes halogenated alkanes) is 48. The van der Waals surface area contributed by atoms with Crippen LogP contribution in [-0.4, -0.2) is 72.7 Å². The third-order valence-corrected chi connectivity index (χ3v) is 18.0. The summed E-state index contributed by atoms with van der Waals surface area (Å²) in [7, 11) is 0. The van der Waals surface area contributed by atoms with E-state index in [1.54, 1.807) is 0 Å². The molecule has 0 aliphatic carbocycles. The van der Waals surface area contributed by atoms with E-state index in [1.807, 2.05) is 0 Å². The van der Waals surface area contributed by atoms with Gasteiger partial charge >= 0.3 is 23.9 Å². The number of hydrogen-bond acceptors (Lipinski definition) is 10. The van der Waals surface area contributed by atoms with Crippen LogP contribution in [0, 0.1) is 23.7 Å². The van der Waals surface area contributed by atoms with Crippen molar-refractivity contribution in [3.05, 3.63) is 0 Å². The molecule has 0 radical (unpaired) electrons. The van der Waals surface area contributed by atoms with Crippen molar-refractivity contribution in [2.24, 2.45) is 23.7 Å². The average Bonchev–Trinajstić information content (AvgIpc) is 3.70. The standard InChI is InChI=1S/2C40H78O5/c2*1-36(2)31-27-23-19-15-11-7-5-9-13-17-21-25-29-33-44-39(42)35-38(41)40(43)45-34-30-26-22-18-14-10-6-8-12-16-20-24-28-32-37(3)4/h2*36-38,41H,5-35H2,1-4H3. The lowest BCUT2D eigenvalue weighted by Crippen LogP contribution is -2.27. The second-order valence-corrected chi connectivity index (χ2v) is 29.3. The van der Waals surface area contributed by atoms with Gasteiger partial charge in [0, 0.05) is 0 Å². The molecule has 0 aliphatic heterocycles. The van der Waals surface area contributed by atoms with Gasteiger partial charge in [0.25, 0.3) is 0 Å². The lowest BCUT2D eigenvalue weighted by atomic mass is 10.0. The fraction of sp³-hybridized carbons (Fsp3) is 0.950. The van der Waals surface area contributed by atoms with Crippen molar-refractivity contribution in [2.75, 3.05) is 26.4 Å². The van der Waals surface area contributed by atoms with Crippen LogP contribution >= 0.6 is 0 Å². The van der Waals surface area contributed by atoms with Crippen LogP contribution in [0.4, 0.5) is 0 Å². The second kappa shape index (κ2) is 72.6. The third-order valence-electron chi connectivity index (χ3n) is 18.0. The number of rotatable bonds is 70. The largest absolute Gasteiger partial charge is 0.466 e. The van der Waals surface area contributed by atoms with E-state index < -0.39 is 36.1 Å². The van der Waals surface area contributed by atoms with E-state index >= 15 is 0 Å². The molecule has 0 aromatic carbocycles.